The first-order chi connectivity index (χ1) is 9.43. The van der Waals surface area contributed by atoms with Gasteiger partial charge in [-0.05, 0) is 31.8 Å². The molecule has 0 bridgehead atoms. The van der Waals surface area contributed by atoms with E-state index in [1.165, 1.54) is 12.0 Å². The van der Waals surface area contributed by atoms with E-state index in [9.17, 15) is 9.59 Å². The van der Waals surface area contributed by atoms with Crippen LogP contribution in [0.25, 0.3) is 0 Å². The van der Waals surface area contributed by atoms with Gasteiger partial charge in [-0.25, -0.2) is 0 Å². The monoisotopic (exact) mass is 278 g/mol. The second kappa shape index (κ2) is 7.65. The molecule has 0 unspecified atom stereocenters. The van der Waals surface area contributed by atoms with Gasteiger partial charge in [0, 0.05) is 25.7 Å². The molecule has 5 nitrogen and oxygen atoms in total. The molecule has 1 amide bonds. The number of hydrogen-bond donors (Lipinski definition) is 0. The van der Waals surface area contributed by atoms with Gasteiger partial charge in [0.15, 0.2) is 0 Å². The molecular formula is C15H22N2O3. The molecule has 0 saturated heterocycles. The summed E-state index contributed by atoms with van der Waals surface area (Å²) in [5, 5.41) is 0. The molecule has 0 aliphatic carbocycles. The zero-order chi connectivity index (χ0) is 15.1. The Kier molecular flexibility index (Phi) is 6.18. The normalized spacial score (nSPS) is 10.4. The Morgan fingerprint density at radius 3 is 2.20 bits per heavy atom. The molecule has 0 saturated carbocycles. The third-order valence-corrected chi connectivity index (χ3v) is 2.93. The molecule has 0 atom stereocenters. The van der Waals surface area contributed by atoms with E-state index in [1.807, 2.05) is 38.4 Å². The first kappa shape index (κ1) is 16.2. The SMILES string of the molecule is COC(=O)CCN(C)C(=O)c1ccc(CN(C)C)cc1. The maximum atomic E-state index is 12.1. The number of esters is 1. The van der Waals surface area contributed by atoms with Crippen molar-refractivity contribution in [3.05, 3.63) is 35.4 Å². The zero-order valence-electron chi connectivity index (χ0n) is 12.5. The third kappa shape index (κ3) is 5.01. The van der Waals surface area contributed by atoms with Gasteiger partial charge in [0.25, 0.3) is 5.91 Å². The molecule has 0 N–H and O–H groups in total. The van der Waals surface area contributed by atoms with Crippen LogP contribution in [0.4, 0.5) is 0 Å². The van der Waals surface area contributed by atoms with Crippen molar-refractivity contribution in [2.75, 3.05) is 34.8 Å². The van der Waals surface area contributed by atoms with E-state index >= 15 is 0 Å². The van der Waals surface area contributed by atoms with Crippen molar-refractivity contribution in [2.45, 2.75) is 13.0 Å². The van der Waals surface area contributed by atoms with Gasteiger partial charge in [-0.1, -0.05) is 12.1 Å². The summed E-state index contributed by atoms with van der Waals surface area (Å²) in [4.78, 5) is 26.8. The molecular weight excluding hydrogens is 256 g/mol. The average Bonchev–Trinajstić information content (AvgIpc) is 2.43. The fourth-order valence-electron chi connectivity index (χ4n) is 1.80. The Labute approximate surface area is 120 Å². The lowest BCUT2D eigenvalue weighted by atomic mass is 10.1. The van der Waals surface area contributed by atoms with E-state index in [2.05, 4.69) is 9.64 Å². The molecule has 0 radical (unpaired) electrons. The van der Waals surface area contributed by atoms with Gasteiger partial charge in [-0.2, -0.15) is 0 Å². The highest BCUT2D eigenvalue weighted by molar-refractivity contribution is 5.94. The number of benzene rings is 1. The summed E-state index contributed by atoms with van der Waals surface area (Å²) in [5.41, 5.74) is 1.78. The molecule has 0 heterocycles. The maximum absolute atomic E-state index is 12.1. The van der Waals surface area contributed by atoms with Crippen LogP contribution in [0.15, 0.2) is 24.3 Å². The van der Waals surface area contributed by atoms with Crippen molar-refractivity contribution in [3.8, 4) is 0 Å². The topological polar surface area (TPSA) is 49.9 Å². The van der Waals surface area contributed by atoms with Gasteiger partial charge < -0.3 is 14.5 Å². The van der Waals surface area contributed by atoms with Crippen LogP contribution in [0.1, 0.15) is 22.3 Å². The van der Waals surface area contributed by atoms with Gasteiger partial charge >= 0.3 is 5.97 Å². The van der Waals surface area contributed by atoms with E-state index in [4.69, 9.17) is 0 Å². The van der Waals surface area contributed by atoms with E-state index in [-0.39, 0.29) is 18.3 Å². The maximum Gasteiger partial charge on any atom is 0.307 e. The second-order valence-corrected chi connectivity index (χ2v) is 4.99. The lowest BCUT2D eigenvalue weighted by Gasteiger charge is -2.17. The fourth-order valence-corrected chi connectivity index (χ4v) is 1.80. The first-order valence-corrected chi connectivity index (χ1v) is 6.50. The number of amides is 1. The highest BCUT2D eigenvalue weighted by Gasteiger charge is 2.13. The van der Waals surface area contributed by atoms with Crippen molar-refractivity contribution < 1.29 is 14.3 Å². The lowest BCUT2D eigenvalue weighted by Crippen LogP contribution is -2.29. The Balaban J connectivity index is 2.60. The van der Waals surface area contributed by atoms with Gasteiger partial charge in [-0.3, -0.25) is 9.59 Å². The second-order valence-electron chi connectivity index (χ2n) is 4.99. The van der Waals surface area contributed by atoms with E-state index in [0.29, 0.717) is 12.1 Å². The Morgan fingerprint density at radius 2 is 1.70 bits per heavy atom. The smallest absolute Gasteiger partial charge is 0.307 e. The minimum Gasteiger partial charge on any atom is -0.469 e. The molecule has 110 valence electrons. The highest BCUT2D eigenvalue weighted by atomic mass is 16.5. The number of ether oxygens (including phenoxy) is 1. The summed E-state index contributed by atoms with van der Waals surface area (Å²) < 4.78 is 4.56. The summed E-state index contributed by atoms with van der Waals surface area (Å²) in [6, 6.07) is 7.52. The zero-order valence-corrected chi connectivity index (χ0v) is 12.5. The predicted octanol–water partition coefficient (Wildman–Crippen LogP) is 1.38. The predicted molar refractivity (Wildman–Crippen MR) is 77.4 cm³/mol. The molecule has 20 heavy (non-hydrogen) atoms. The number of hydrogen-bond acceptors (Lipinski definition) is 4. The molecule has 5 heteroatoms. The summed E-state index contributed by atoms with van der Waals surface area (Å²) in [6.07, 6.45) is 0.206. The first-order valence-electron chi connectivity index (χ1n) is 6.50. The minimum atomic E-state index is -0.314. The number of rotatable bonds is 6. The quantitative estimate of drug-likeness (QED) is 0.738. The number of nitrogens with zero attached hydrogens (tertiary/aromatic N) is 2. The van der Waals surface area contributed by atoms with Crippen molar-refractivity contribution >= 4 is 11.9 Å². The van der Waals surface area contributed by atoms with Crippen molar-refractivity contribution in [2.24, 2.45) is 0 Å². The minimum absolute atomic E-state index is 0.0923. The average molecular weight is 278 g/mol. The van der Waals surface area contributed by atoms with Crippen molar-refractivity contribution in [1.29, 1.82) is 0 Å². The van der Waals surface area contributed by atoms with E-state index in [0.717, 1.165) is 12.1 Å². The van der Waals surface area contributed by atoms with Gasteiger partial charge in [0.2, 0.25) is 0 Å². The molecule has 1 aromatic rings. The van der Waals surface area contributed by atoms with E-state index < -0.39 is 0 Å². The molecule has 0 aliphatic rings. The summed E-state index contributed by atoms with van der Waals surface area (Å²) in [7, 11) is 7.02. The number of carbonyl (C=O) groups is 2. The van der Waals surface area contributed by atoms with Crippen LogP contribution >= 0.6 is 0 Å². The largest absolute Gasteiger partial charge is 0.469 e. The van der Waals surface area contributed by atoms with Gasteiger partial charge in [0.05, 0.1) is 13.5 Å². The summed E-state index contributed by atoms with van der Waals surface area (Å²) in [5.74, 6) is -0.406. The van der Waals surface area contributed by atoms with Crippen LogP contribution in [-0.2, 0) is 16.1 Å². The fraction of sp³-hybridized carbons (Fsp3) is 0.467. The molecule has 1 rings (SSSR count). The van der Waals surface area contributed by atoms with E-state index in [1.54, 1.807) is 7.05 Å². The van der Waals surface area contributed by atoms with Gasteiger partial charge in [0.1, 0.15) is 0 Å². The third-order valence-electron chi connectivity index (χ3n) is 2.93. The van der Waals surface area contributed by atoms with Crippen LogP contribution < -0.4 is 0 Å². The van der Waals surface area contributed by atoms with Crippen molar-refractivity contribution in [1.82, 2.24) is 9.80 Å². The number of carbonyl (C=O) groups excluding carboxylic acids is 2. The molecule has 1 aromatic carbocycles. The Morgan fingerprint density at radius 1 is 1.10 bits per heavy atom. The lowest BCUT2D eigenvalue weighted by molar-refractivity contribution is -0.140. The number of methoxy groups -OCH3 is 1. The standard InChI is InChI=1S/C15H22N2O3/c1-16(2)11-12-5-7-13(8-6-12)15(19)17(3)10-9-14(18)20-4/h5-8H,9-11H2,1-4H3. The Bertz CT molecular complexity index is 455. The summed E-state index contributed by atoms with van der Waals surface area (Å²) >= 11 is 0. The molecule has 0 aromatic heterocycles. The van der Waals surface area contributed by atoms with Crippen LogP contribution in [0.5, 0.6) is 0 Å². The van der Waals surface area contributed by atoms with Crippen LogP contribution in [0.3, 0.4) is 0 Å². The van der Waals surface area contributed by atoms with Gasteiger partial charge in [-0.15, -0.1) is 0 Å². The molecule has 0 aliphatic heterocycles. The van der Waals surface area contributed by atoms with Crippen molar-refractivity contribution in [3.63, 3.8) is 0 Å². The molecule has 0 fully saturated rings. The highest BCUT2D eigenvalue weighted by Crippen LogP contribution is 2.08. The van der Waals surface area contributed by atoms with Crippen LogP contribution in [0, 0.1) is 0 Å². The van der Waals surface area contributed by atoms with Crippen LogP contribution in [-0.4, -0.2) is 56.5 Å². The Hall–Kier alpha value is -1.88. The van der Waals surface area contributed by atoms with Crippen LogP contribution in [0.2, 0.25) is 0 Å². The summed E-state index contributed by atoms with van der Waals surface area (Å²) in [6.45, 7) is 1.19. The molecule has 0 spiro atoms.